The van der Waals surface area contributed by atoms with Crippen molar-refractivity contribution in [2.24, 2.45) is 0 Å². The Morgan fingerprint density at radius 1 is 0.962 bits per heavy atom. The first-order chi connectivity index (χ1) is 12.6. The predicted molar refractivity (Wildman–Crippen MR) is 107 cm³/mol. The van der Waals surface area contributed by atoms with Crippen molar-refractivity contribution >= 4 is 5.91 Å². The Bertz CT molecular complexity index is 748. The molecule has 0 saturated carbocycles. The molecule has 0 atom stereocenters. The molecule has 0 unspecified atom stereocenters. The van der Waals surface area contributed by atoms with Crippen molar-refractivity contribution in [1.82, 2.24) is 10.2 Å². The molecule has 0 aliphatic carbocycles. The standard InChI is InChI=1S/C23H30N2O/c1-18-10-11-19(2)22(14-18)15-23(26)24-16-20-8-4-5-9-21(20)17-25-12-6-3-7-13-25/h4-5,8-11,14H,3,6-7,12-13,15-17H2,1-2H3,(H,24,26). The lowest BCUT2D eigenvalue weighted by atomic mass is 10.0. The highest BCUT2D eigenvalue weighted by Crippen LogP contribution is 2.16. The van der Waals surface area contributed by atoms with Crippen LogP contribution in [0.4, 0.5) is 0 Å². The summed E-state index contributed by atoms with van der Waals surface area (Å²) in [4.78, 5) is 15.0. The van der Waals surface area contributed by atoms with E-state index in [0.29, 0.717) is 13.0 Å². The van der Waals surface area contributed by atoms with E-state index in [-0.39, 0.29) is 5.91 Å². The van der Waals surface area contributed by atoms with Gasteiger partial charge in [0.25, 0.3) is 0 Å². The van der Waals surface area contributed by atoms with Crippen molar-refractivity contribution in [3.63, 3.8) is 0 Å². The maximum atomic E-state index is 12.4. The van der Waals surface area contributed by atoms with Gasteiger partial charge >= 0.3 is 0 Å². The van der Waals surface area contributed by atoms with E-state index in [1.54, 1.807) is 0 Å². The summed E-state index contributed by atoms with van der Waals surface area (Å²) in [6.07, 6.45) is 4.40. The van der Waals surface area contributed by atoms with Gasteiger partial charge in [-0.05, 0) is 62.0 Å². The van der Waals surface area contributed by atoms with E-state index < -0.39 is 0 Å². The summed E-state index contributed by atoms with van der Waals surface area (Å²) in [7, 11) is 0. The van der Waals surface area contributed by atoms with Gasteiger partial charge in [0, 0.05) is 13.1 Å². The maximum Gasteiger partial charge on any atom is 0.224 e. The van der Waals surface area contributed by atoms with Crippen molar-refractivity contribution in [2.45, 2.75) is 52.6 Å². The van der Waals surface area contributed by atoms with Crippen molar-refractivity contribution in [3.8, 4) is 0 Å². The average Bonchev–Trinajstić information content (AvgIpc) is 2.65. The molecule has 1 aliphatic heterocycles. The van der Waals surface area contributed by atoms with Crippen LogP contribution >= 0.6 is 0 Å². The summed E-state index contributed by atoms with van der Waals surface area (Å²) < 4.78 is 0. The van der Waals surface area contributed by atoms with Gasteiger partial charge in [0.1, 0.15) is 0 Å². The minimum absolute atomic E-state index is 0.0893. The number of amides is 1. The lowest BCUT2D eigenvalue weighted by Gasteiger charge is -2.27. The monoisotopic (exact) mass is 350 g/mol. The highest BCUT2D eigenvalue weighted by molar-refractivity contribution is 5.79. The summed E-state index contributed by atoms with van der Waals surface area (Å²) in [6, 6.07) is 14.8. The van der Waals surface area contributed by atoms with Gasteiger partial charge in [0.05, 0.1) is 6.42 Å². The number of carbonyl (C=O) groups is 1. The molecule has 2 aromatic rings. The molecular weight excluding hydrogens is 320 g/mol. The number of piperidine rings is 1. The van der Waals surface area contributed by atoms with Crippen LogP contribution in [0.25, 0.3) is 0 Å². The number of benzene rings is 2. The second kappa shape index (κ2) is 9.00. The molecule has 2 aromatic carbocycles. The van der Waals surface area contributed by atoms with Crippen LogP contribution < -0.4 is 5.32 Å². The first-order valence-electron chi connectivity index (χ1n) is 9.74. The molecule has 1 N–H and O–H groups in total. The Kier molecular flexibility index (Phi) is 6.45. The minimum Gasteiger partial charge on any atom is -0.352 e. The second-order valence-electron chi connectivity index (χ2n) is 7.49. The minimum atomic E-state index is 0.0893. The number of nitrogens with zero attached hydrogens (tertiary/aromatic N) is 1. The van der Waals surface area contributed by atoms with E-state index in [1.165, 1.54) is 54.6 Å². The van der Waals surface area contributed by atoms with E-state index in [2.05, 4.69) is 66.5 Å². The van der Waals surface area contributed by atoms with Gasteiger partial charge in [-0.1, -0.05) is 54.4 Å². The molecule has 3 rings (SSSR count). The molecule has 1 fully saturated rings. The third kappa shape index (κ3) is 5.18. The fourth-order valence-electron chi connectivity index (χ4n) is 3.66. The molecule has 0 radical (unpaired) electrons. The van der Waals surface area contributed by atoms with Gasteiger partial charge in [0.2, 0.25) is 5.91 Å². The third-order valence-electron chi connectivity index (χ3n) is 5.29. The Hall–Kier alpha value is -2.13. The van der Waals surface area contributed by atoms with Crippen LogP contribution in [-0.4, -0.2) is 23.9 Å². The van der Waals surface area contributed by atoms with E-state index in [1.807, 2.05) is 0 Å². The van der Waals surface area contributed by atoms with Gasteiger partial charge in [-0.25, -0.2) is 0 Å². The molecule has 3 nitrogen and oxygen atoms in total. The third-order valence-corrected chi connectivity index (χ3v) is 5.29. The van der Waals surface area contributed by atoms with Crippen LogP contribution in [-0.2, 0) is 24.3 Å². The smallest absolute Gasteiger partial charge is 0.224 e. The summed E-state index contributed by atoms with van der Waals surface area (Å²) in [5.74, 6) is 0.0893. The van der Waals surface area contributed by atoms with Gasteiger partial charge in [0.15, 0.2) is 0 Å². The number of hydrogen-bond acceptors (Lipinski definition) is 2. The summed E-state index contributed by atoms with van der Waals surface area (Å²) in [5, 5.41) is 3.11. The molecule has 1 saturated heterocycles. The zero-order valence-electron chi connectivity index (χ0n) is 16.1. The van der Waals surface area contributed by atoms with Gasteiger partial charge in [-0.15, -0.1) is 0 Å². The zero-order chi connectivity index (χ0) is 18.4. The van der Waals surface area contributed by atoms with Crippen LogP contribution in [0.3, 0.4) is 0 Å². The highest BCUT2D eigenvalue weighted by Gasteiger charge is 2.13. The van der Waals surface area contributed by atoms with Crippen molar-refractivity contribution in [3.05, 3.63) is 70.3 Å². The number of rotatable bonds is 6. The predicted octanol–water partition coefficient (Wildman–Crippen LogP) is 4.15. The highest BCUT2D eigenvalue weighted by atomic mass is 16.1. The largest absolute Gasteiger partial charge is 0.352 e. The second-order valence-corrected chi connectivity index (χ2v) is 7.49. The van der Waals surface area contributed by atoms with Gasteiger partial charge in [-0.2, -0.15) is 0 Å². The molecule has 1 aliphatic rings. The number of nitrogens with one attached hydrogen (secondary N) is 1. The lowest BCUT2D eigenvalue weighted by molar-refractivity contribution is -0.120. The SMILES string of the molecule is Cc1ccc(C)c(CC(=O)NCc2ccccc2CN2CCCCC2)c1. The molecule has 26 heavy (non-hydrogen) atoms. The quantitative estimate of drug-likeness (QED) is 0.849. The van der Waals surface area contributed by atoms with E-state index in [0.717, 1.165) is 12.1 Å². The zero-order valence-corrected chi connectivity index (χ0v) is 16.1. The molecule has 1 amide bonds. The first kappa shape index (κ1) is 18.7. The van der Waals surface area contributed by atoms with E-state index in [4.69, 9.17) is 0 Å². The molecule has 138 valence electrons. The number of carbonyl (C=O) groups excluding carboxylic acids is 1. The first-order valence-corrected chi connectivity index (χ1v) is 9.74. The molecule has 0 aromatic heterocycles. The van der Waals surface area contributed by atoms with Crippen LogP contribution in [0.2, 0.25) is 0 Å². The van der Waals surface area contributed by atoms with Crippen LogP contribution in [0.15, 0.2) is 42.5 Å². The summed E-state index contributed by atoms with van der Waals surface area (Å²) >= 11 is 0. The van der Waals surface area contributed by atoms with Crippen LogP contribution in [0, 0.1) is 13.8 Å². The number of likely N-dealkylation sites (tertiary alicyclic amines) is 1. The van der Waals surface area contributed by atoms with E-state index in [9.17, 15) is 4.79 Å². The fraction of sp³-hybridized carbons (Fsp3) is 0.435. The maximum absolute atomic E-state index is 12.4. The van der Waals surface area contributed by atoms with Gasteiger partial charge < -0.3 is 5.32 Å². The Labute approximate surface area is 157 Å². The Balaban J connectivity index is 1.58. The fourth-order valence-corrected chi connectivity index (χ4v) is 3.66. The number of hydrogen-bond donors (Lipinski definition) is 1. The average molecular weight is 351 g/mol. The Morgan fingerprint density at radius 3 is 2.46 bits per heavy atom. The van der Waals surface area contributed by atoms with E-state index >= 15 is 0 Å². The molecule has 0 bridgehead atoms. The summed E-state index contributed by atoms with van der Waals surface area (Å²) in [5.41, 5.74) is 6.06. The van der Waals surface area contributed by atoms with Gasteiger partial charge in [-0.3, -0.25) is 9.69 Å². The van der Waals surface area contributed by atoms with Crippen molar-refractivity contribution in [2.75, 3.05) is 13.1 Å². The summed E-state index contributed by atoms with van der Waals surface area (Å²) in [6.45, 7) is 8.10. The van der Waals surface area contributed by atoms with Crippen molar-refractivity contribution in [1.29, 1.82) is 0 Å². The molecule has 1 heterocycles. The van der Waals surface area contributed by atoms with Crippen LogP contribution in [0.5, 0.6) is 0 Å². The molecular formula is C23H30N2O. The molecule has 0 spiro atoms. The van der Waals surface area contributed by atoms with Crippen LogP contribution in [0.1, 0.15) is 47.1 Å². The topological polar surface area (TPSA) is 32.3 Å². The van der Waals surface area contributed by atoms with Crippen molar-refractivity contribution < 1.29 is 4.79 Å². The number of aryl methyl sites for hydroxylation is 2. The normalized spacial score (nSPS) is 15.0. The molecule has 3 heteroatoms. The lowest BCUT2D eigenvalue weighted by Crippen LogP contribution is -2.30. The Morgan fingerprint density at radius 2 is 1.69 bits per heavy atom.